The summed E-state index contributed by atoms with van der Waals surface area (Å²) in [6.07, 6.45) is 2.63. The summed E-state index contributed by atoms with van der Waals surface area (Å²) in [5.41, 5.74) is 6.01. The molecule has 6 heteroatoms. The number of furan rings is 1. The van der Waals surface area contributed by atoms with Crippen LogP contribution in [0.4, 0.5) is 0 Å². The average molecular weight is 449 g/mol. The zero-order valence-corrected chi connectivity index (χ0v) is 18.8. The molecule has 0 saturated heterocycles. The normalized spacial score (nSPS) is 12.1. The van der Waals surface area contributed by atoms with Gasteiger partial charge < -0.3 is 19.6 Å². The minimum atomic E-state index is 0.229. The van der Waals surface area contributed by atoms with E-state index in [1.807, 2.05) is 55.7 Å². The van der Waals surface area contributed by atoms with E-state index < -0.39 is 0 Å². The van der Waals surface area contributed by atoms with E-state index in [4.69, 9.17) is 20.8 Å². The van der Waals surface area contributed by atoms with Gasteiger partial charge in [-0.25, -0.2) is 4.98 Å². The molecule has 0 aliphatic carbocycles. The number of aromatic nitrogens is 1. The summed E-state index contributed by atoms with van der Waals surface area (Å²) in [6.45, 7) is 3.44. The number of hydrogen-bond acceptors (Lipinski definition) is 5. The molecule has 0 unspecified atom stereocenters. The third-order valence-electron chi connectivity index (χ3n) is 5.27. The van der Waals surface area contributed by atoms with Gasteiger partial charge in [0.1, 0.15) is 17.9 Å². The molecular formula is C26H25ClN2O3. The maximum Gasteiger partial charge on any atom is 0.213 e. The third kappa shape index (κ3) is 4.79. The number of halogens is 1. The number of benzene rings is 2. The lowest BCUT2D eigenvalue weighted by Gasteiger charge is -2.16. The highest BCUT2D eigenvalue weighted by atomic mass is 35.5. The number of fused-ring (bicyclic) bond motifs is 1. The van der Waals surface area contributed by atoms with Crippen LogP contribution in [0.2, 0.25) is 5.22 Å². The molecule has 0 amide bonds. The monoisotopic (exact) mass is 448 g/mol. The van der Waals surface area contributed by atoms with E-state index in [-0.39, 0.29) is 5.75 Å². The summed E-state index contributed by atoms with van der Waals surface area (Å²) in [6, 6.07) is 19.1. The standard InChI is InChI=1S/C26H25ClN2O3/c1-3-22(18-6-10-23-20(14-18)15-24(27)32-23)26(17-4-8-21(30)9-5-17)19-7-11-25(29-16-19)31-13-12-28-2/h4-11,14-16,28,30H,3,12-13H2,1-2H3/b26-22+. The van der Waals surface area contributed by atoms with Crippen molar-refractivity contribution in [1.29, 1.82) is 0 Å². The van der Waals surface area contributed by atoms with Gasteiger partial charge in [-0.1, -0.05) is 25.1 Å². The van der Waals surface area contributed by atoms with Gasteiger partial charge in [-0.05, 0) is 77.7 Å². The van der Waals surface area contributed by atoms with Crippen LogP contribution in [-0.2, 0) is 0 Å². The molecule has 2 aromatic heterocycles. The molecule has 2 aromatic carbocycles. The summed E-state index contributed by atoms with van der Waals surface area (Å²) in [4.78, 5) is 4.51. The average Bonchev–Trinajstić information content (AvgIpc) is 3.18. The van der Waals surface area contributed by atoms with Gasteiger partial charge in [0.25, 0.3) is 0 Å². The predicted molar refractivity (Wildman–Crippen MR) is 129 cm³/mol. The Labute approximate surface area is 192 Å². The fourth-order valence-electron chi connectivity index (χ4n) is 3.74. The molecule has 4 aromatic rings. The van der Waals surface area contributed by atoms with Gasteiger partial charge in [-0.15, -0.1) is 0 Å². The van der Waals surface area contributed by atoms with E-state index in [1.54, 1.807) is 12.1 Å². The van der Waals surface area contributed by atoms with Crippen molar-refractivity contribution in [3.05, 3.63) is 88.8 Å². The quantitative estimate of drug-likeness (QED) is 0.250. The Morgan fingerprint density at radius 2 is 1.78 bits per heavy atom. The van der Waals surface area contributed by atoms with E-state index >= 15 is 0 Å². The van der Waals surface area contributed by atoms with Gasteiger partial charge in [-0.3, -0.25) is 0 Å². The Bertz CT molecular complexity index is 1230. The number of aromatic hydroxyl groups is 1. The van der Waals surface area contributed by atoms with Crippen molar-refractivity contribution in [2.75, 3.05) is 20.2 Å². The number of nitrogens with one attached hydrogen (secondary N) is 1. The van der Waals surface area contributed by atoms with Crippen LogP contribution in [0.5, 0.6) is 11.6 Å². The molecule has 164 valence electrons. The fourth-order valence-corrected chi connectivity index (χ4v) is 3.94. The zero-order valence-electron chi connectivity index (χ0n) is 18.1. The maximum atomic E-state index is 9.81. The predicted octanol–water partition coefficient (Wildman–Crippen LogP) is 6.15. The highest BCUT2D eigenvalue weighted by Crippen LogP contribution is 2.36. The summed E-state index contributed by atoms with van der Waals surface area (Å²) in [5, 5.41) is 14.2. The first-order chi connectivity index (χ1) is 15.6. The van der Waals surface area contributed by atoms with E-state index in [1.165, 1.54) is 0 Å². The molecule has 0 bridgehead atoms. The van der Waals surface area contributed by atoms with Crippen LogP contribution in [0.15, 0.2) is 71.3 Å². The van der Waals surface area contributed by atoms with Gasteiger partial charge in [0.2, 0.25) is 5.88 Å². The number of pyridine rings is 1. The smallest absolute Gasteiger partial charge is 0.213 e. The molecule has 0 aliphatic rings. The number of nitrogens with zero attached hydrogens (tertiary/aromatic N) is 1. The molecule has 0 saturated carbocycles. The Hall–Kier alpha value is -3.28. The van der Waals surface area contributed by atoms with Crippen LogP contribution in [0.25, 0.3) is 22.1 Å². The Morgan fingerprint density at radius 3 is 2.47 bits per heavy atom. The summed E-state index contributed by atoms with van der Waals surface area (Å²) in [7, 11) is 1.88. The molecule has 2 N–H and O–H groups in total. The van der Waals surface area contributed by atoms with Crippen molar-refractivity contribution in [3.8, 4) is 11.6 Å². The Morgan fingerprint density at radius 1 is 1.03 bits per heavy atom. The van der Waals surface area contributed by atoms with Gasteiger partial charge in [0, 0.05) is 35.8 Å². The van der Waals surface area contributed by atoms with Crippen molar-refractivity contribution in [2.45, 2.75) is 13.3 Å². The summed E-state index contributed by atoms with van der Waals surface area (Å²) in [5.74, 6) is 0.813. The number of allylic oxidation sites excluding steroid dienone is 1. The second kappa shape index (κ2) is 9.90. The lowest BCUT2D eigenvalue weighted by atomic mass is 9.88. The van der Waals surface area contributed by atoms with E-state index in [9.17, 15) is 5.11 Å². The Balaban J connectivity index is 1.83. The molecule has 0 radical (unpaired) electrons. The molecule has 0 spiro atoms. The van der Waals surface area contributed by atoms with E-state index in [0.29, 0.717) is 17.7 Å². The maximum absolute atomic E-state index is 9.81. The second-order valence-electron chi connectivity index (χ2n) is 7.39. The van der Waals surface area contributed by atoms with Crippen molar-refractivity contribution in [1.82, 2.24) is 10.3 Å². The van der Waals surface area contributed by atoms with E-state index in [0.717, 1.165) is 51.8 Å². The SMILES string of the molecule is CC/C(=C(/c1ccc(O)cc1)c1ccc(OCCNC)nc1)c1ccc2oc(Cl)cc2c1. The number of ether oxygens (including phenoxy) is 1. The van der Waals surface area contributed by atoms with Crippen molar-refractivity contribution < 1.29 is 14.3 Å². The first kappa shape index (κ1) is 21.9. The number of hydrogen-bond donors (Lipinski definition) is 2. The third-order valence-corrected chi connectivity index (χ3v) is 5.46. The molecule has 4 rings (SSSR count). The largest absolute Gasteiger partial charge is 0.508 e. The molecule has 0 atom stereocenters. The van der Waals surface area contributed by atoms with Crippen molar-refractivity contribution in [3.63, 3.8) is 0 Å². The van der Waals surface area contributed by atoms with Crippen molar-refractivity contribution in [2.24, 2.45) is 0 Å². The topological polar surface area (TPSA) is 67.5 Å². The first-order valence-electron chi connectivity index (χ1n) is 10.5. The molecule has 0 fully saturated rings. The van der Waals surface area contributed by atoms with Crippen LogP contribution >= 0.6 is 11.6 Å². The first-order valence-corrected chi connectivity index (χ1v) is 10.9. The van der Waals surface area contributed by atoms with Gasteiger partial charge in [0.15, 0.2) is 5.22 Å². The van der Waals surface area contributed by atoms with Crippen molar-refractivity contribution >= 4 is 33.7 Å². The van der Waals surface area contributed by atoms with Crippen LogP contribution in [0.1, 0.15) is 30.0 Å². The van der Waals surface area contributed by atoms with Gasteiger partial charge in [0.05, 0.1) is 0 Å². The number of rotatable bonds is 8. The molecule has 2 heterocycles. The highest BCUT2D eigenvalue weighted by molar-refractivity contribution is 6.29. The second-order valence-corrected chi connectivity index (χ2v) is 7.77. The minimum absolute atomic E-state index is 0.229. The summed E-state index contributed by atoms with van der Waals surface area (Å²) >= 11 is 6.05. The van der Waals surface area contributed by atoms with E-state index in [2.05, 4.69) is 23.3 Å². The zero-order chi connectivity index (χ0) is 22.5. The lowest BCUT2D eigenvalue weighted by Crippen LogP contribution is -2.16. The van der Waals surface area contributed by atoms with Crippen LogP contribution < -0.4 is 10.1 Å². The lowest BCUT2D eigenvalue weighted by molar-refractivity contribution is 0.306. The summed E-state index contributed by atoms with van der Waals surface area (Å²) < 4.78 is 11.2. The number of likely N-dealkylation sites (N-methyl/N-ethyl adjacent to an activating group) is 1. The molecule has 0 aliphatic heterocycles. The van der Waals surface area contributed by atoms with Gasteiger partial charge >= 0.3 is 0 Å². The van der Waals surface area contributed by atoms with Crippen LogP contribution in [0, 0.1) is 0 Å². The number of phenols is 1. The minimum Gasteiger partial charge on any atom is -0.508 e. The Kier molecular flexibility index (Phi) is 6.78. The molecular weight excluding hydrogens is 424 g/mol. The molecule has 32 heavy (non-hydrogen) atoms. The highest BCUT2D eigenvalue weighted by Gasteiger charge is 2.15. The fraction of sp³-hybridized carbons (Fsp3) is 0.192. The van der Waals surface area contributed by atoms with Crippen LogP contribution in [0.3, 0.4) is 0 Å². The molecule has 5 nitrogen and oxygen atoms in total. The number of phenolic OH excluding ortho intramolecular Hbond substituents is 1. The van der Waals surface area contributed by atoms with Gasteiger partial charge in [-0.2, -0.15) is 0 Å². The van der Waals surface area contributed by atoms with Crippen LogP contribution in [-0.4, -0.2) is 30.3 Å².